The maximum Gasteiger partial charge on any atom is 0.328 e. The van der Waals surface area contributed by atoms with Crippen molar-refractivity contribution in [3.05, 3.63) is 36.2 Å². The summed E-state index contributed by atoms with van der Waals surface area (Å²) in [5, 5.41) is 9.03. The molecule has 1 saturated heterocycles. The molecule has 0 aromatic carbocycles. The Hall–Kier alpha value is -2.21. The molecule has 1 aliphatic heterocycles. The summed E-state index contributed by atoms with van der Waals surface area (Å²) in [5.74, 6) is -1.39. The van der Waals surface area contributed by atoms with Gasteiger partial charge in [0.2, 0.25) is 5.91 Å². The van der Waals surface area contributed by atoms with Gasteiger partial charge in [-0.15, -0.1) is 0 Å². The fraction of sp³-hybridized carbons (Fsp3) is 0.308. The molecule has 1 amide bonds. The van der Waals surface area contributed by atoms with Crippen molar-refractivity contribution in [3.63, 3.8) is 0 Å². The summed E-state index contributed by atoms with van der Waals surface area (Å²) < 4.78 is 5.08. The Morgan fingerprint density at radius 2 is 2.37 bits per heavy atom. The molecule has 1 aromatic heterocycles. The number of nitrogens with zero attached hydrogens (tertiary/aromatic N) is 2. The van der Waals surface area contributed by atoms with E-state index in [-0.39, 0.29) is 19.1 Å². The van der Waals surface area contributed by atoms with Crippen LogP contribution in [0, 0.1) is 0 Å². The van der Waals surface area contributed by atoms with Crippen molar-refractivity contribution in [1.29, 1.82) is 0 Å². The van der Waals surface area contributed by atoms with Crippen LogP contribution < -0.4 is 0 Å². The molecule has 1 aromatic rings. The van der Waals surface area contributed by atoms with Crippen LogP contribution in [0.2, 0.25) is 0 Å². The van der Waals surface area contributed by atoms with E-state index in [1.54, 1.807) is 24.5 Å². The summed E-state index contributed by atoms with van der Waals surface area (Å²) in [6.07, 6.45) is 6.24. The predicted octanol–water partition coefficient (Wildman–Crippen LogP) is 0.407. The van der Waals surface area contributed by atoms with E-state index < -0.39 is 12.0 Å². The molecule has 0 saturated carbocycles. The van der Waals surface area contributed by atoms with Gasteiger partial charge in [0, 0.05) is 25.0 Å². The molecule has 0 radical (unpaired) electrons. The smallest absolute Gasteiger partial charge is 0.328 e. The molecule has 100 valence electrons. The molecule has 0 bridgehead atoms. The minimum atomic E-state index is -1.05. The van der Waals surface area contributed by atoms with Gasteiger partial charge < -0.3 is 14.7 Å². The number of hydrogen-bond acceptors (Lipinski definition) is 4. The van der Waals surface area contributed by atoms with E-state index >= 15 is 0 Å². The van der Waals surface area contributed by atoms with E-state index in [2.05, 4.69) is 4.98 Å². The van der Waals surface area contributed by atoms with Crippen LogP contribution in [0.15, 0.2) is 30.6 Å². The Morgan fingerprint density at radius 3 is 3.05 bits per heavy atom. The van der Waals surface area contributed by atoms with Gasteiger partial charge in [-0.05, 0) is 17.7 Å². The van der Waals surface area contributed by atoms with Gasteiger partial charge in [0.05, 0.1) is 13.2 Å². The van der Waals surface area contributed by atoms with Crippen LogP contribution in [0.5, 0.6) is 0 Å². The second kappa shape index (κ2) is 6.10. The van der Waals surface area contributed by atoms with Gasteiger partial charge in [-0.1, -0.05) is 6.07 Å². The van der Waals surface area contributed by atoms with Crippen molar-refractivity contribution in [3.8, 4) is 0 Å². The second-order valence-corrected chi connectivity index (χ2v) is 4.08. The molecule has 1 N–H and O–H groups in total. The lowest BCUT2D eigenvalue weighted by Crippen LogP contribution is -2.52. The summed E-state index contributed by atoms with van der Waals surface area (Å²) in [5.41, 5.74) is 0.788. The number of rotatable bonds is 3. The summed E-state index contributed by atoms with van der Waals surface area (Å²) in [6, 6.07) is 2.66. The fourth-order valence-electron chi connectivity index (χ4n) is 1.81. The lowest BCUT2D eigenvalue weighted by Gasteiger charge is -2.31. The number of morpholine rings is 1. The molecular weight excluding hydrogens is 248 g/mol. The summed E-state index contributed by atoms with van der Waals surface area (Å²) >= 11 is 0. The van der Waals surface area contributed by atoms with Crippen LogP contribution in [-0.2, 0) is 14.3 Å². The topological polar surface area (TPSA) is 79.7 Å². The minimum Gasteiger partial charge on any atom is -0.480 e. The van der Waals surface area contributed by atoms with E-state index in [0.29, 0.717) is 6.61 Å². The minimum absolute atomic E-state index is 0.0296. The maximum atomic E-state index is 12.0. The Balaban J connectivity index is 2.06. The van der Waals surface area contributed by atoms with Crippen molar-refractivity contribution >= 4 is 18.0 Å². The molecule has 2 rings (SSSR count). The lowest BCUT2D eigenvalue weighted by atomic mass is 10.2. The van der Waals surface area contributed by atoms with Crippen molar-refractivity contribution in [1.82, 2.24) is 9.88 Å². The van der Waals surface area contributed by atoms with Gasteiger partial charge in [0.25, 0.3) is 0 Å². The quantitative estimate of drug-likeness (QED) is 0.798. The number of hydrogen-bond donors (Lipinski definition) is 1. The number of aromatic nitrogens is 1. The van der Waals surface area contributed by atoms with Crippen molar-refractivity contribution < 1.29 is 19.4 Å². The highest BCUT2D eigenvalue weighted by molar-refractivity contribution is 5.94. The van der Waals surface area contributed by atoms with Gasteiger partial charge >= 0.3 is 5.97 Å². The molecular formula is C13H14N2O4. The number of ether oxygens (including phenoxy) is 1. The molecule has 0 spiro atoms. The SMILES string of the molecule is O=C(O)[C@H]1COCCN1C(=O)/C=C\c1cccnc1. The lowest BCUT2D eigenvalue weighted by molar-refractivity contribution is -0.156. The third-order valence-corrected chi connectivity index (χ3v) is 2.80. The highest BCUT2D eigenvalue weighted by Crippen LogP contribution is 2.09. The number of carboxylic acid groups (broad SMARTS) is 1. The number of carbonyl (C=O) groups excluding carboxylic acids is 1. The van der Waals surface area contributed by atoms with Crippen LogP contribution in [0.1, 0.15) is 5.56 Å². The Labute approximate surface area is 110 Å². The first-order chi connectivity index (χ1) is 9.18. The molecule has 19 heavy (non-hydrogen) atoms. The van der Waals surface area contributed by atoms with Gasteiger partial charge in [0.15, 0.2) is 6.04 Å². The van der Waals surface area contributed by atoms with Crippen LogP contribution in [0.3, 0.4) is 0 Å². The van der Waals surface area contributed by atoms with E-state index in [1.165, 1.54) is 11.0 Å². The molecule has 6 nitrogen and oxygen atoms in total. The third-order valence-electron chi connectivity index (χ3n) is 2.80. The number of aliphatic carboxylic acids is 1. The molecule has 1 aliphatic rings. The van der Waals surface area contributed by atoms with Gasteiger partial charge in [-0.2, -0.15) is 0 Å². The normalized spacial score (nSPS) is 19.6. The van der Waals surface area contributed by atoms with Gasteiger partial charge in [0.1, 0.15) is 0 Å². The zero-order chi connectivity index (χ0) is 13.7. The van der Waals surface area contributed by atoms with E-state index in [4.69, 9.17) is 9.84 Å². The van der Waals surface area contributed by atoms with Crippen LogP contribution >= 0.6 is 0 Å². The van der Waals surface area contributed by atoms with Crippen molar-refractivity contribution in [2.45, 2.75) is 6.04 Å². The molecule has 0 unspecified atom stereocenters. The average molecular weight is 262 g/mol. The van der Waals surface area contributed by atoms with Crippen LogP contribution in [0.25, 0.3) is 6.08 Å². The molecule has 2 heterocycles. The Kier molecular flexibility index (Phi) is 4.25. The van der Waals surface area contributed by atoms with E-state index in [1.807, 2.05) is 6.07 Å². The van der Waals surface area contributed by atoms with Crippen molar-refractivity contribution in [2.24, 2.45) is 0 Å². The van der Waals surface area contributed by atoms with E-state index in [9.17, 15) is 9.59 Å². The molecule has 1 atom stereocenters. The summed E-state index contributed by atoms with van der Waals surface area (Å²) in [7, 11) is 0. The Morgan fingerprint density at radius 1 is 1.53 bits per heavy atom. The summed E-state index contributed by atoms with van der Waals surface area (Å²) in [4.78, 5) is 28.3. The maximum absolute atomic E-state index is 12.0. The molecule has 0 aliphatic carbocycles. The predicted molar refractivity (Wildman–Crippen MR) is 67.2 cm³/mol. The van der Waals surface area contributed by atoms with Gasteiger partial charge in [-0.25, -0.2) is 4.79 Å². The van der Waals surface area contributed by atoms with Gasteiger partial charge in [-0.3, -0.25) is 9.78 Å². The first-order valence-corrected chi connectivity index (χ1v) is 5.88. The monoisotopic (exact) mass is 262 g/mol. The first kappa shape index (κ1) is 13.2. The standard InChI is InChI=1S/C13H14N2O4/c16-12(4-3-10-2-1-5-14-8-10)15-6-7-19-9-11(15)13(17)18/h1-5,8,11H,6-7,9H2,(H,17,18)/b4-3-/t11-/m1/s1. The molecule has 6 heteroatoms. The summed E-state index contributed by atoms with van der Waals surface area (Å²) in [6.45, 7) is 0.672. The van der Waals surface area contributed by atoms with E-state index in [0.717, 1.165) is 5.56 Å². The largest absolute Gasteiger partial charge is 0.480 e. The molecule has 1 fully saturated rings. The first-order valence-electron chi connectivity index (χ1n) is 5.88. The zero-order valence-corrected chi connectivity index (χ0v) is 10.2. The highest BCUT2D eigenvalue weighted by atomic mass is 16.5. The number of pyridine rings is 1. The fourth-order valence-corrected chi connectivity index (χ4v) is 1.81. The number of amides is 1. The van der Waals surface area contributed by atoms with Crippen LogP contribution in [0.4, 0.5) is 0 Å². The Bertz CT molecular complexity index is 487. The van der Waals surface area contributed by atoms with Crippen LogP contribution in [-0.4, -0.2) is 52.7 Å². The third kappa shape index (κ3) is 3.38. The highest BCUT2D eigenvalue weighted by Gasteiger charge is 2.31. The second-order valence-electron chi connectivity index (χ2n) is 4.08. The zero-order valence-electron chi connectivity index (χ0n) is 10.2. The number of carboxylic acids is 1. The average Bonchev–Trinajstić information content (AvgIpc) is 2.46. The number of carbonyl (C=O) groups is 2. The van der Waals surface area contributed by atoms with Crippen molar-refractivity contribution in [2.75, 3.05) is 19.8 Å².